The highest BCUT2D eigenvalue weighted by atomic mass is 15.0. The van der Waals surface area contributed by atoms with Gasteiger partial charge in [0.25, 0.3) is 0 Å². The Labute approximate surface area is 113 Å². The van der Waals surface area contributed by atoms with Crippen LogP contribution in [0.2, 0.25) is 0 Å². The van der Waals surface area contributed by atoms with Crippen molar-refractivity contribution in [3.63, 3.8) is 0 Å². The van der Waals surface area contributed by atoms with E-state index >= 15 is 0 Å². The topological polar surface area (TPSA) is 38.0 Å². The zero-order chi connectivity index (χ0) is 13.8. The third-order valence-corrected chi connectivity index (χ3v) is 4.57. The van der Waals surface area contributed by atoms with Crippen LogP contribution in [0.25, 0.3) is 0 Å². The van der Waals surface area contributed by atoms with Crippen molar-refractivity contribution < 1.29 is 0 Å². The highest BCUT2D eigenvalue weighted by molar-refractivity contribution is 5.03. The molecule has 3 atom stereocenters. The fourth-order valence-corrected chi connectivity index (χ4v) is 3.18. The third kappa shape index (κ3) is 4.00. The molecule has 1 saturated carbocycles. The molecular weight excluding hydrogens is 220 g/mol. The van der Waals surface area contributed by atoms with Crippen molar-refractivity contribution in [3.05, 3.63) is 0 Å². The van der Waals surface area contributed by atoms with Crippen LogP contribution in [0.5, 0.6) is 0 Å². The van der Waals surface area contributed by atoms with E-state index in [1.165, 1.54) is 19.3 Å². The van der Waals surface area contributed by atoms with Gasteiger partial charge in [0.1, 0.15) is 0 Å². The largest absolute Gasteiger partial charge is 0.329 e. The molecule has 2 nitrogen and oxygen atoms in total. The van der Waals surface area contributed by atoms with E-state index in [0.717, 1.165) is 18.8 Å². The van der Waals surface area contributed by atoms with Gasteiger partial charge < -0.3 is 5.73 Å². The SMILES string of the molecule is C#CC(C)NC1(CN)CCCC(C(C)(C)C)CC1. The highest BCUT2D eigenvalue weighted by Gasteiger charge is 2.35. The molecule has 3 N–H and O–H groups in total. The van der Waals surface area contributed by atoms with Crippen LogP contribution < -0.4 is 11.1 Å². The number of hydrogen-bond acceptors (Lipinski definition) is 2. The van der Waals surface area contributed by atoms with E-state index in [4.69, 9.17) is 12.2 Å². The third-order valence-electron chi connectivity index (χ3n) is 4.57. The van der Waals surface area contributed by atoms with Crippen LogP contribution in [0.1, 0.15) is 59.8 Å². The summed E-state index contributed by atoms with van der Waals surface area (Å²) in [5, 5.41) is 3.58. The molecule has 0 aromatic heterocycles. The summed E-state index contributed by atoms with van der Waals surface area (Å²) in [6.07, 6.45) is 11.6. The lowest BCUT2D eigenvalue weighted by atomic mass is 9.76. The highest BCUT2D eigenvalue weighted by Crippen LogP contribution is 2.39. The van der Waals surface area contributed by atoms with Gasteiger partial charge in [-0.2, -0.15) is 0 Å². The first-order chi connectivity index (χ1) is 8.33. The fraction of sp³-hybridized carbons (Fsp3) is 0.875. The molecule has 0 bridgehead atoms. The van der Waals surface area contributed by atoms with Crippen LogP contribution in [-0.2, 0) is 0 Å². The van der Waals surface area contributed by atoms with E-state index in [2.05, 4.69) is 32.0 Å². The number of nitrogens with one attached hydrogen (secondary N) is 1. The minimum Gasteiger partial charge on any atom is -0.329 e. The van der Waals surface area contributed by atoms with E-state index in [9.17, 15) is 0 Å². The zero-order valence-corrected chi connectivity index (χ0v) is 12.6. The molecule has 0 heterocycles. The molecule has 0 aromatic rings. The normalized spacial score (nSPS) is 31.4. The van der Waals surface area contributed by atoms with Crippen molar-refractivity contribution in [1.29, 1.82) is 0 Å². The van der Waals surface area contributed by atoms with Crippen molar-refractivity contribution in [2.45, 2.75) is 71.4 Å². The van der Waals surface area contributed by atoms with Crippen molar-refractivity contribution >= 4 is 0 Å². The lowest BCUT2D eigenvalue weighted by Crippen LogP contribution is -2.54. The van der Waals surface area contributed by atoms with Gasteiger partial charge in [0.2, 0.25) is 0 Å². The van der Waals surface area contributed by atoms with Crippen LogP contribution in [0, 0.1) is 23.7 Å². The van der Waals surface area contributed by atoms with Gasteiger partial charge in [-0.05, 0) is 43.9 Å². The molecule has 1 aliphatic carbocycles. The first-order valence-corrected chi connectivity index (χ1v) is 7.27. The predicted octanol–water partition coefficient (Wildman–Crippen LogP) is 2.92. The minimum atomic E-state index is 0.0613. The lowest BCUT2D eigenvalue weighted by Gasteiger charge is -2.35. The van der Waals surface area contributed by atoms with Crippen LogP contribution in [-0.4, -0.2) is 18.1 Å². The molecule has 0 aliphatic heterocycles. The van der Waals surface area contributed by atoms with Gasteiger partial charge in [-0.15, -0.1) is 6.42 Å². The van der Waals surface area contributed by atoms with Gasteiger partial charge in [-0.1, -0.05) is 33.1 Å². The maximum Gasteiger partial charge on any atom is 0.0663 e. The Morgan fingerprint density at radius 1 is 1.39 bits per heavy atom. The average molecular weight is 250 g/mol. The first-order valence-electron chi connectivity index (χ1n) is 7.27. The van der Waals surface area contributed by atoms with Crippen LogP contribution >= 0.6 is 0 Å². The summed E-state index contributed by atoms with van der Waals surface area (Å²) in [6.45, 7) is 9.79. The molecule has 0 spiro atoms. The quantitative estimate of drug-likeness (QED) is 0.597. The Bertz CT molecular complexity index is 297. The van der Waals surface area contributed by atoms with E-state index in [1.54, 1.807) is 0 Å². The van der Waals surface area contributed by atoms with Gasteiger partial charge in [-0.3, -0.25) is 5.32 Å². The zero-order valence-electron chi connectivity index (χ0n) is 12.6. The molecule has 0 saturated heterocycles. The molecule has 104 valence electrons. The molecule has 0 amide bonds. The smallest absolute Gasteiger partial charge is 0.0663 e. The summed E-state index contributed by atoms with van der Waals surface area (Å²) in [4.78, 5) is 0. The Morgan fingerprint density at radius 2 is 2.06 bits per heavy atom. The monoisotopic (exact) mass is 250 g/mol. The number of terminal acetylenes is 1. The van der Waals surface area contributed by atoms with Crippen molar-refractivity contribution in [3.8, 4) is 12.3 Å². The maximum atomic E-state index is 6.03. The second-order valence-electron chi connectivity index (χ2n) is 7.01. The Hall–Kier alpha value is -0.520. The van der Waals surface area contributed by atoms with E-state index in [1.807, 2.05) is 6.92 Å². The Kier molecular flexibility index (Phi) is 5.25. The van der Waals surface area contributed by atoms with Gasteiger partial charge in [0.15, 0.2) is 0 Å². The van der Waals surface area contributed by atoms with E-state index < -0.39 is 0 Å². The standard InChI is InChI=1S/C16H30N2/c1-6-13(2)18-16(12-17)10-7-8-14(9-11-16)15(3,4)5/h1,13-14,18H,7-12,17H2,2-5H3. The second kappa shape index (κ2) is 6.08. The number of nitrogens with two attached hydrogens (primary N) is 1. The van der Waals surface area contributed by atoms with Gasteiger partial charge >= 0.3 is 0 Å². The second-order valence-corrected chi connectivity index (χ2v) is 7.01. The summed E-state index contributed by atoms with van der Waals surface area (Å²) in [5.41, 5.74) is 6.50. The van der Waals surface area contributed by atoms with Crippen LogP contribution in [0.15, 0.2) is 0 Å². The summed E-state index contributed by atoms with van der Waals surface area (Å²) >= 11 is 0. The molecule has 0 aromatic carbocycles. The summed E-state index contributed by atoms with van der Waals surface area (Å²) in [7, 11) is 0. The van der Waals surface area contributed by atoms with E-state index in [-0.39, 0.29) is 11.6 Å². The summed E-state index contributed by atoms with van der Waals surface area (Å²) in [6, 6.07) is 0.111. The Balaban J connectivity index is 2.71. The van der Waals surface area contributed by atoms with Gasteiger partial charge in [0, 0.05) is 12.1 Å². The number of rotatable bonds is 3. The van der Waals surface area contributed by atoms with Crippen LogP contribution in [0.3, 0.4) is 0 Å². The fourth-order valence-electron chi connectivity index (χ4n) is 3.18. The molecule has 18 heavy (non-hydrogen) atoms. The molecule has 1 fully saturated rings. The number of hydrogen-bond donors (Lipinski definition) is 2. The molecule has 0 radical (unpaired) electrons. The van der Waals surface area contributed by atoms with Crippen molar-refractivity contribution in [2.24, 2.45) is 17.1 Å². The maximum absolute atomic E-state index is 6.03. The molecule has 1 rings (SSSR count). The van der Waals surface area contributed by atoms with Gasteiger partial charge in [0.05, 0.1) is 6.04 Å². The first kappa shape index (κ1) is 15.5. The van der Waals surface area contributed by atoms with E-state index in [0.29, 0.717) is 12.0 Å². The average Bonchev–Trinajstić information content (AvgIpc) is 2.51. The summed E-state index contributed by atoms with van der Waals surface area (Å²) < 4.78 is 0. The van der Waals surface area contributed by atoms with Crippen LogP contribution in [0.4, 0.5) is 0 Å². The van der Waals surface area contributed by atoms with Gasteiger partial charge in [-0.25, -0.2) is 0 Å². The molecule has 3 unspecified atom stereocenters. The minimum absolute atomic E-state index is 0.0613. The molecule has 2 heteroatoms. The Morgan fingerprint density at radius 3 is 2.56 bits per heavy atom. The van der Waals surface area contributed by atoms with Crippen molar-refractivity contribution in [2.75, 3.05) is 6.54 Å². The summed E-state index contributed by atoms with van der Waals surface area (Å²) in [5.74, 6) is 3.57. The lowest BCUT2D eigenvalue weighted by molar-refractivity contribution is 0.205. The predicted molar refractivity (Wildman–Crippen MR) is 79.2 cm³/mol. The van der Waals surface area contributed by atoms with Crippen molar-refractivity contribution in [1.82, 2.24) is 5.32 Å². The molecular formula is C16H30N2. The molecule has 1 aliphatic rings.